The molecular weight excluding hydrogens is 256 g/mol. The highest BCUT2D eigenvalue weighted by Gasteiger charge is 2.38. The molecule has 1 saturated carbocycles. The van der Waals surface area contributed by atoms with Gasteiger partial charge in [-0.15, -0.1) is 0 Å². The van der Waals surface area contributed by atoms with Gasteiger partial charge in [0, 0.05) is 23.9 Å². The average Bonchev–Trinajstić information content (AvgIpc) is 3.15. The van der Waals surface area contributed by atoms with Crippen LogP contribution in [-0.4, -0.2) is 17.6 Å². The van der Waals surface area contributed by atoms with Crippen molar-refractivity contribution in [1.29, 1.82) is 0 Å². The number of nitrogens with one attached hydrogen (secondary N) is 1. The van der Waals surface area contributed by atoms with E-state index in [1.165, 1.54) is 56.2 Å². The molecule has 1 aromatic rings. The summed E-state index contributed by atoms with van der Waals surface area (Å²) in [5.74, 6) is 2.47. The molecule has 1 fully saturated rings. The van der Waals surface area contributed by atoms with Crippen LogP contribution in [0.25, 0.3) is 0 Å². The predicted octanol–water partition coefficient (Wildman–Crippen LogP) is 4.31. The lowest BCUT2D eigenvalue weighted by Gasteiger charge is -2.31. The smallest absolute Gasteiger partial charge is 0.0482 e. The van der Waals surface area contributed by atoms with E-state index in [0.29, 0.717) is 12.0 Å². The molecule has 0 radical (unpaired) electrons. The van der Waals surface area contributed by atoms with Gasteiger partial charge < -0.3 is 5.32 Å². The van der Waals surface area contributed by atoms with Crippen LogP contribution in [0.15, 0.2) is 18.3 Å². The van der Waals surface area contributed by atoms with Gasteiger partial charge in [0.15, 0.2) is 0 Å². The van der Waals surface area contributed by atoms with E-state index >= 15 is 0 Å². The molecule has 0 aromatic carbocycles. The third-order valence-corrected chi connectivity index (χ3v) is 5.73. The summed E-state index contributed by atoms with van der Waals surface area (Å²) >= 11 is 0. The van der Waals surface area contributed by atoms with Gasteiger partial charge in [-0.05, 0) is 62.1 Å². The monoisotopic (exact) mass is 286 g/mol. The fourth-order valence-corrected chi connectivity index (χ4v) is 4.55. The van der Waals surface area contributed by atoms with E-state index in [4.69, 9.17) is 4.98 Å². The van der Waals surface area contributed by atoms with E-state index < -0.39 is 0 Å². The van der Waals surface area contributed by atoms with Crippen molar-refractivity contribution >= 4 is 0 Å². The van der Waals surface area contributed by atoms with Gasteiger partial charge in [0.1, 0.15) is 0 Å². The van der Waals surface area contributed by atoms with E-state index in [1.54, 1.807) is 0 Å². The largest absolute Gasteiger partial charge is 0.313 e. The van der Waals surface area contributed by atoms with E-state index in [1.807, 2.05) is 6.20 Å². The molecule has 0 amide bonds. The summed E-state index contributed by atoms with van der Waals surface area (Å²) < 4.78 is 0. The first-order chi connectivity index (χ1) is 10.3. The van der Waals surface area contributed by atoms with Crippen molar-refractivity contribution in [3.63, 3.8) is 0 Å². The van der Waals surface area contributed by atoms with Gasteiger partial charge in [-0.3, -0.25) is 4.98 Å². The number of pyridine rings is 1. The van der Waals surface area contributed by atoms with E-state index in [2.05, 4.69) is 31.3 Å². The van der Waals surface area contributed by atoms with Crippen molar-refractivity contribution in [2.45, 2.75) is 70.8 Å². The first-order valence-electron chi connectivity index (χ1n) is 9.00. The minimum atomic E-state index is 0.647. The molecule has 21 heavy (non-hydrogen) atoms. The average molecular weight is 286 g/mol. The Balaban J connectivity index is 1.77. The van der Waals surface area contributed by atoms with Crippen LogP contribution in [0.2, 0.25) is 0 Å². The summed E-state index contributed by atoms with van der Waals surface area (Å²) in [7, 11) is 0. The van der Waals surface area contributed by atoms with Crippen molar-refractivity contribution in [3.8, 4) is 0 Å². The summed E-state index contributed by atoms with van der Waals surface area (Å²) in [6.07, 6.45) is 11.4. The Morgan fingerprint density at radius 2 is 2.19 bits per heavy atom. The summed E-state index contributed by atoms with van der Waals surface area (Å²) in [5.41, 5.74) is 2.89. The van der Waals surface area contributed by atoms with Gasteiger partial charge in [0.2, 0.25) is 0 Å². The predicted molar refractivity (Wildman–Crippen MR) is 88.5 cm³/mol. The molecule has 0 saturated heterocycles. The Labute approximate surface area is 129 Å². The van der Waals surface area contributed by atoms with Crippen LogP contribution in [0.3, 0.4) is 0 Å². The summed E-state index contributed by atoms with van der Waals surface area (Å²) in [4.78, 5) is 4.74. The Kier molecular flexibility index (Phi) is 4.95. The van der Waals surface area contributed by atoms with Crippen LogP contribution in [0, 0.1) is 11.8 Å². The zero-order chi connectivity index (χ0) is 14.7. The highest BCUT2D eigenvalue weighted by atomic mass is 14.9. The third kappa shape index (κ3) is 3.15. The number of rotatable bonds is 6. The Bertz CT molecular complexity index is 457. The maximum Gasteiger partial charge on any atom is 0.0482 e. The van der Waals surface area contributed by atoms with E-state index in [9.17, 15) is 0 Å². The molecule has 3 rings (SSSR count). The highest BCUT2D eigenvalue weighted by molar-refractivity contribution is 5.30. The minimum absolute atomic E-state index is 0.647. The van der Waals surface area contributed by atoms with Crippen LogP contribution in [0.4, 0.5) is 0 Å². The van der Waals surface area contributed by atoms with Crippen molar-refractivity contribution in [3.05, 3.63) is 29.6 Å². The Morgan fingerprint density at radius 3 is 2.95 bits per heavy atom. The number of hydrogen-bond acceptors (Lipinski definition) is 2. The summed E-state index contributed by atoms with van der Waals surface area (Å²) in [5, 5.41) is 3.90. The van der Waals surface area contributed by atoms with Crippen molar-refractivity contribution in [2.75, 3.05) is 6.54 Å². The molecule has 1 aromatic heterocycles. The fourth-order valence-electron chi connectivity index (χ4n) is 4.55. The Hall–Kier alpha value is -0.890. The van der Waals surface area contributed by atoms with Gasteiger partial charge >= 0.3 is 0 Å². The number of hydrogen-bond donors (Lipinski definition) is 1. The van der Waals surface area contributed by atoms with E-state index in [-0.39, 0.29) is 0 Å². The number of fused-ring (bicyclic) bond motifs is 1. The first-order valence-corrected chi connectivity index (χ1v) is 9.00. The lowest BCUT2D eigenvalue weighted by molar-refractivity contribution is 0.297. The molecule has 2 aliphatic rings. The van der Waals surface area contributed by atoms with Gasteiger partial charge in [-0.1, -0.05) is 32.8 Å². The second-order valence-electron chi connectivity index (χ2n) is 7.02. The number of nitrogens with zero attached hydrogens (tertiary/aromatic N) is 1. The van der Waals surface area contributed by atoms with Crippen molar-refractivity contribution in [1.82, 2.24) is 10.3 Å². The normalized spacial score (nSPS) is 29.5. The Morgan fingerprint density at radius 1 is 1.29 bits per heavy atom. The molecule has 1 heterocycles. The van der Waals surface area contributed by atoms with Crippen LogP contribution in [0.1, 0.15) is 69.5 Å². The maximum absolute atomic E-state index is 4.74. The molecule has 0 aliphatic heterocycles. The molecule has 4 atom stereocenters. The quantitative estimate of drug-likeness (QED) is 0.843. The van der Waals surface area contributed by atoms with Gasteiger partial charge in [0.25, 0.3) is 0 Å². The highest BCUT2D eigenvalue weighted by Crippen LogP contribution is 2.43. The molecule has 2 aliphatic carbocycles. The van der Waals surface area contributed by atoms with Gasteiger partial charge in [-0.2, -0.15) is 0 Å². The van der Waals surface area contributed by atoms with Gasteiger partial charge in [0.05, 0.1) is 0 Å². The molecule has 4 unspecified atom stereocenters. The maximum atomic E-state index is 4.74. The second kappa shape index (κ2) is 6.91. The molecule has 116 valence electrons. The van der Waals surface area contributed by atoms with Crippen LogP contribution in [-0.2, 0) is 6.42 Å². The van der Waals surface area contributed by atoms with Crippen LogP contribution >= 0.6 is 0 Å². The molecule has 0 bridgehead atoms. The van der Waals surface area contributed by atoms with Crippen LogP contribution in [0.5, 0.6) is 0 Å². The summed E-state index contributed by atoms with van der Waals surface area (Å²) in [6, 6.07) is 5.03. The van der Waals surface area contributed by atoms with Crippen LogP contribution < -0.4 is 5.32 Å². The molecule has 1 N–H and O–H groups in total. The molecule has 0 spiro atoms. The molecule has 2 nitrogen and oxygen atoms in total. The van der Waals surface area contributed by atoms with Gasteiger partial charge in [-0.25, -0.2) is 0 Å². The SMILES string of the molecule is CCCNC(C1CCC(CC)C1)C1CCc2cccnc21. The van der Waals surface area contributed by atoms with E-state index in [0.717, 1.165) is 18.4 Å². The minimum Gasteiger partial charge on any atom is -0.313 e. The van der Waals surface area contributed by atoms with Crippen molar-refractivity contribution in [2.24, 2.45) is 11.8 Å². The zero-order valence-electron chi connectivity index (χ0n) is 13.6. The number of aromatic nitrogens is 1. The molecule has 2 heteroatoms. The molecular formula is C19H30N2. The zero-order valence-corrected chi connectivity index (χ0v) is 13.6. The third-order valence-electron chi connectivity index (χ3n) is 5.73. The fraction of sp³-hybridized carbons (Fsp3) is 0.737. The summed E-state index contributed by atoms with van der Waals surface area (Å²) in [6.45, 7) is 5.78. The standard InChI is InChI=1S/C19H30N2/c1-3-11-20-19(16-8-7-14(4-2)13-16)17-10-9-15-6-5-12-21-18(15)17/h5-6,12,14,16-17,19-20H,3-4,7-11,13H2,1-2H3. The first kappa shape index (κ1) is 15.0. The van der Waals surface area contributed by atoms with Crippen molar-refractivity contribution < 1.29 is 0 Å². The lowest BCUT2D eigenvalue weighted by atomic mass is 9.84. The lowest BCUT2D eigenvalue weighted by Crippen LogP contribution is -2.40. The topological polar surface area (TPSA) is 24.9 Å². The second-order valence-corrected chi connectivity index (χ2v) is 7.02. The number of aryl methyl sites for hydroxylation is 1.